The summed E-state index contributed by atoms with van der Waals surface area (Å²) >= 11 is 0. The van der Waals surface area contributed by atoms with Gasteiger partial charge in [-0.25, -0.2) is 9.69 Å². The monoisotopic (exact) mass is 345 g/mol. The van der Waals surface area contributed by atoms with E-state index in [-0.39, 0.29) is 18.2 Å². The van der Waals surface area contributed by atoms with E-state index in [2.05, 4.69) is 5.32 Å². The topological polar surface area (TPSA) is 104 Å². The Kier molecular flexibility index (Phi) is 5.31. The molecule has 0 bridgehead atoms. The van der Waals surface area contributed by atoms with Crippen molar-refractivity contribution < 1.29 is 24.0 Å². The van der Waals surface area contributed by atoms with E-state index in [0.29, 0.717) is 16.2 Å². The summed E-state index contributed by atoms with van der Waals surface area (Å²) in [6.07, 6.45) is 0. The SMILES string of the molecule is CC(=O)c1cccc(NC(=O)CN2C(=O)C(=O)N(CC(C)C)C2=O)c1. The number of anilines is 1. The molecule has 5 amide bonds. The van der Waals surface area contributed by atoms with Crippen molar-refractivity contribution in [3.05, 3.63) is 29.8 Å². The molecule has 0 radical (unpaired) electrons. The van der Waals surface area contributed by atoms with Crippen molar-refractivity contribution in [3.63, 3.8) is 0 Å². The average Bonchev–Trinajstić information content (AvgIpc) is 2.72. The molecular weight excluding hydrogens is 326 g/mol. The van der Waals surface area contributed by atoms with Gasteiger partial charge in [-0.2, -0.15) is 0 Å². The molecule has 0 unspecified atom stereocenters. The van der Waals surface area contributed by atoms with Crippen LogP contribution in [0, 0.1) is 5.92 Å². The highest BCUT2D eigenvalue weighted by atomic mass is 16.2. The van der Waals surface area contributed by atoms with E-state index in [1.807, 2.05) is 13.8 Å². The summed E-state index contributed by atoms with van der Waals surface area (Å²) in [6.45, 7) is 4.56. The number of nitrogens with zero attached hydrogens (tertiary/aromatic N) is 2. The first-order chi connectivity index (χ1) is 11.7. The number of urea groups is 1. The Bertz CT molecular complexity index is 756. The van der Waals surface area contributed by atoms with E-state index in [4.69, 9.17) is 0 Å². The standard InChI is InChI=1S/C17H19N3O5/c1-10(2)8-19-15(23)16(24)20(17(19)25)9-14(22)18-13-6-4-5-12(7-13)11(3)21/h4-7,10H,8-9H2,1-3H3,(H,18,22). The maximum Gasteiger partial charge on any atom is 0.334 e. The number of carbonyl (C=O) groups excluding carboxylic acids is 5. The molecule has 1 N–H and O–H groups in total. The molecule has 1 aromatic rings. The van der Waals surface area contributed by atoms with Gasteiger partial charge in [-0.1, -0.05) is 26.0 Å². The lowest BCUT2D eigenvalue weighted by molar-refractivity contribution is -0.143. The quantitative estimate of drug-likeness (QED) is 0.475. The number of hydrogen-bond donors (Lipinski definition) is 1. The highest BCUT2D eigenvalue weighted by molar-refractivity contribution is 6.45. The van der Waals surface area contributed by atoms with E-state index in [1.54, 1.807) is 18.2 Å². The zero-order chi connectivity index (χ0) is 18.7. The van der Waals surface area contributed by atoms with Gasteiger partial charge in [0, 0.05) is 17.8 Å². The average molecular weight is 345 g/mol. The summed E-state index contributed by atoms with van der Waals surface area (Å²) in [5.74, 6) is -2.73. The fourth-order valence-electron chi connectivity index (χ4n) is 2.38. The summed E-state index contributed by atoms with van der Waals surface area (Å²) < 4.78 is 0. The van der Waals surface area contributed by atoms with Crippen LogP contribution < -0.4 is 5.32 Å². The van der Waals surface area contributed by atoms with E-state index < -0.39 is 30.3 Å². The number of hydrogen-bond acceptors (Lipinski definition) is 5. The van der Waals surface area contributed by atoms with Crippen LogP contribution in [0.1, 0.15) is 31.1 Å². The van der Waals surface area contributed by atoms with Crippen LogP contribution in [0.4, 0.5) is 10.5 Å². The van der Waals surface area contributed by atoms with Gasteiger partial charge in [-0.15, -0.1) is 0 Å². The largest absolute Gasteiger partial charge is 0.334 e. The van der Waals surface area contributed by atoms with E-state index in [9.17, 15) is 24.0 Å². The molecule has 8 nitrogen and oxygen atoms in total. The molecule has 0 aromatic heterocycles. The van der Waals surface area contributed by atoms with Crippen LogP contribution in [0.25, 0.3) is 0 Å². The number of carbonyl (C=O) groups is 5. The van der Waals surface area contributed by atoms with Gasteiger partial charge in [0.1, 0.15) is 6.54 Å². The number of Topliss-reactive ketones (excluding diaryl/α,β-unsaturated/α-hetero) is 1. The number of amides is 5. The van der Waals surface area contributed by atoms with Gasteiger partial charge in [0.15, 0.2) is 5.78 Å². The smallest absolute Gasteiger partial charge is 0.325 e. The van der Waals surface area contributed by atoms with Gasteiger partial charge in [-0.05, 0) is 25.0 Å². The molecule has 132 valence electrons. The van der Waals surface area contributed by atoms with Crippen LogP contribution in [0.15, 0.2) is 24.3 Å². The molecule has 1 aromatic carbocycles. The van der Waals surface area contributed by atoms with Crippen molar-refractivity contribution in [1.82, 2.24) is 9.80 Å². The second kappa shape index (κ2) is 7.25. The molecule has 0 atom stereocenters. The second-order valence-electron chi connectivity index (χ2n) is 6.17. The maximum atomic E-state index is 12.2. The third-order valence-corrected chi connectivity index (χ3v) is 3.54. The summed E-state index contributed by atoms with van der Waals surface area (Å²) in [6, 6.07) is 5.48. The van der Waals surface area contributed by atoms with Crippen LogP contribution in [-0.4, -0.2) is 52.4 Å². The number of nitrogens with one attached hydrogen (secondary N) is 1. The Balaban J connectivity index is 2.06. The van der Waals surface area contributed by atoms with Crippen molar-refractivity contribution in [3.8, 4) is 0 Å². The molecule has 2 rings (SSSR count). The van der Waals surface area contributed by atoms with Crippen molar-refractivity contribution >= 4 is 35.2 Å². The third kappa shape index (κ3) is 4.09. The fraction of sp³-hybridized carbons (Fsp3) is 0.353. The third-order valence-electron chi connectivity index (χ3n) is 3.54. The van der Waals surface area contributed by atoms with Crippen LogP contribution in [0.5, 0.6) is 0 Å². The van der Waals surface area contributed by atoms with Crippen molar-refractivity contribution in [1.29, 1.82) is 0 Å². The molecule has 0 saturated carbocycles. The molecule has 1 heterocycles. The van der Waals surface area contributed by atoms with Gasteiger partial charge in [0.2, 0.25) is 5.91 Å². The zero-order valence-corrected chi connectivity index (χ0v) is 14.2. The van der Waals surface area contributed by atoms with Crippen LogP contribution in [0.2, 0.25) is 0 Å². The highest BCUT2D eigenvalue weighted by Gasteiger charge is 2.45. The Morgan fingerprint density at radius 2 is 1.72 bits per heavy atom. The second-order valence-corrected chi connectivity index (χ2v) is 6.17. The molecular formula is C17H19N3O5. The maximum absolute atomic E-state index is 12.2. The minimum absolute atomic E-state index is 0.00352. The van der Waals surface area contributed by atoms with E-state index in [1.165, 1.54) is 13.0 Å². The molecule has 0 spiro atoms. The molecule has 1 saturated heterocycles. The predicted molar refractivity (Wildman–Crippen MR) is 88.7 cm³/mol. The molecule has 1 aliphatic heterocycles. The van der Waals surface area contributed by atoms with Gasteiger partial charge < -0.3 is 5.32 Å². The van der Waals surface area contributed by atoms with E-state index >= 15 is 0 Å². The number of rotatable bonds is 6. The molecule has 0 aliphatic carbocycles. The van der Waals surface area contributed by atoms with Crippen molar-refractivity contribution in [2.45, 2.75) is 20.8 Å². The number of benzene rings is 1. The van der Waals surface area contributed by atoms with E-state index in [0.717, 1.165) is 4.90 Å². The minimum atomic E-state index is -1.02. The Morgan fingerprint density at radius 3 is 2.32 bits per heavy atom. The van der Waals surface area contributed by atoms with Crippen LogP contribution >= 0.6 is 0 Å². The molecule has 8 heteroatoms. The minimum Gasteiger partial charge on any atom is -0.325 e. The summed E-state index contributed by atoms with van der Waals surface area (Å²) in [5, 5.41) is 2.51. The Morgan fingerprint density at radius 1 is 1.08 bits per heavy atom. The number of ketones is 1. The fourth-order valence-corrected chi connectivity index (χ4v) is 2.38. The summed E-state index contributed by atoms with van der Waals surface area (Å²) in [7, 11) is 0. The van der Waals surface area contributed by atoms with Crippen molar-refractivity contribution in [2.24, 2.45) is 5.92 Å². The van der Waals surface area contributed by atoms with Crippen LogP contribution in [-0.2, 0) is 14.4 Å². The number of imide groups is 2. The first kappa shape index (κ1) is 18.3. The zero-order valence-electron chi connectivity index (χ0n) is 14.2. The molecule has 1 aliphatic rings. The van der Waals surface area contributed by atoms with Crippen LogP contribution in [0.3, 0.4) is 0 Å². The van der Waals surface area contributed by atoms with Crippen molar-refractivity contribution in [2.75, 3.05) is 18.4 Å². The molecule has 1 fully saturated rings. The Labute approximate surface area is 144 Å². The van der Waals surface area contributed by atoms with Gasteiger partial charge in [0.25, 0.3) is 0 Å². The summed E-state index contributed by atoms with van der Waals surface area (Å²) in [4.78, 5) is 60.9. The van der Waals surface area contributed by atoms with Gasteiger partial charge >= 0.3 is 17.8 Å². The lowest BCUT2D eigenvalue weighted by Crippen LogP contribution is -2.39. The lowest BCUT2D eigenvalue weighted by Gasteiger charge is -2.16. The summed E-state index contributed by atoms with van der Waals surface area (Å²) in [5.41, 5.74) is 0.784. The van der Waals surface area contributed by atoms with Gasteiger partial charge in [-0.3, -0.25) is 24.1 Å². The van der Waals surface area contributed by atoms with Gasteiger partial charge in [0.05, 0.1) is 0 Å². The predicted octanol–water partition coefficient (Wildman–Crippen LogP) is 1.27. The normalized spacial score (nSPS) is 14.5. The first-order valence-corrected chi connectivity index (χ1v) is 7.79. The highest BCUT2D eigenvalue weighted by Crippen LogP contribution is 2.15. The molecule has 25 heavy (non-hydrogen) atoms. The lowest BCUT2D eigenvalue weighted by atomic mass is 10.1. The Hall–Kier alpha value is -3.03. The first-order valence-electron chi connectivity index (χ1n) is 7.79.